The van der Waals surface area contributed by atoms with Crippen LogP contribution in [0.5, 0.6) is 6.01 Å². The number of amides is 2. The summed E-state index contributed by atoms with van der Waals surface area (Å²) >= 11 is 6.04. The van der Waals surface area contributed by atoms with Gasteiger partial charge in [0.05, 0.1) is 24.4 Å². The van der Waals surface area contributed by atoms with E-state index in [1.807, 2.05) is 43.9 Å². The minimum Gasteiger partial charge on any atom is -0.463 e. The molecule has 178 valence electrons. The van der Waals surface area contributed by atoms with Crippen LogP contribution in [-0.2, 0) is 12.1 Å². The molecule has 2 aromatic heterocycles. The maximum Gasteiger partial charge on any atom is 0.322 e. The highest BCUT2D eigenvalue weighted by molar-refractivity contribution is 6.28. The normalized spacial score (nSPS) is 20.1. The van der Waals surface area contributed by atoms with Gasteiger partial charge >= 0.3 is 12.0 Å². The third-order valence-electron chi connectivity index (χ3n) is 6.30. The Morgan fingerprint density at radius 1 is 1.26 bits per heavy atom. The van der Waals surface area contributed by atoms with Gasteiger partial charge in [-0.25, -0.2) is 4.79 Å². The van der Waals surface area contributed by atoms with Crippen LogP contribution in [0.1, 0.15) is 56.4 Å². The summed E-state index contributed by atoms with van der Waals surface area (Å²) in [5.74, 6) is 1.13. The van der Waals surface area contributed by atoms with Crippen LogP contribution in [0.3, 0.4) is 0 Å². The van der Waals surface area contributed by atoms with E-state index in [2.05, 4.69) is 47.9 Å². The van der Waals surface area contributed by atoms with Crippen LogP contribution >= 0.6 is 11.6 Å². The van der Waals surface area contributed by atoms with Gasteiger partial charge in [-0.15, -0.1) is 0 Å². The van der Waals surface area contributed by atoms with Crippen molar-refractivity contribution in [1.29, 1.82) is 0 Å². The van der Waals surface area contributed by atoms with Gasteiger partial charge in [-0.2, -0.15) is 20.1 Å². The average molecular weight is 483 g/mol. The van der Waals surface area contributed by atoms with E-state index in [0.717, 1.165) is 24.1 Å². The molecule has 10 nitrogen and oxygen atoms in total. The molecule has 3 N–H and O–H groups in total. The predicted molar refractivity (Wildman–Crippen MR) is 127 cm³/mol. The van der Waals surface area contributed by atoms with Crippen LogP contribution in [0.4, 0.5) is 16.6 Å². The molecule has 1 aliphatic carbocycles. The van der Waals surface area contributed by atoms with Gasteiger partial charge in [0.15, 0.2) is 5.82 Å². The largest absolute Gasteiger partial charge is 0.463 e. The molecule has 3 heterocycles. The van der Waals surface area contributed by atoms with Crippen LogP contribution in [0.25, 0.3) is 0 Å². The van der Waals surface area contributed by atoms with Gasteiger partial charge in [0.1, 0.15) is 0 Å². The molecule has 1 aromatic carbocycles. The van der Waals surface area contributed by atoms with E-state index in [1.54, 1.807) is 0 Å². The maximum atomic E-state index is 13.2. The van der Waals surface area contributed by atoms with Crippen LogP contribution in [0.15, 0.2) is 30.3 Å². The topological polar surface area (TPSA) is 121 Å². The Hall–Kier alpha value is -3.40. The molecule has 0 spiro atoms. The van der Waals surface area contributed by atoms with Crippen LogP contribution in [-0.4, -0.2) is 48.7 Å². The quantitative estimate of drug-likeness (QED) is 0.463. The lowest BCUT2D eigenvalue weighted by molar-refractivity contribution is 0.142. The lowest BCUT2D eigenvalue weighted by Crippen LogP contribution is -2.47. The molecule has 1 aliphatic heterocycles. The van der Waals surface area contributed by atoms with Gasteiger partial charge in [-0.1, -0.05) is 37.3 Å². The Labute approximate surface area is 202 Å². The molecule has 3 aromatic rings. The molecule has 0 unspecified atom stereocenters. The number of hydrogen-bond donors (Lipinski definition) is 3. The summed E-state index contributed by atoms with van der Waals surface area (Å²) in [6.07, 6.45) is 1.77. The Morgan fingerprint density at radius 2 is 2.06 bits per heavy atom. The minimum atomic E-state index is -0.560. The molecule has 11 heteroatoms. The zero-order valence-electron chi connectivity index (χ0n) is 19.3. The standard InChI is InChI=1S/C23H27ClN8O2/c1-4-10-34-21-28-19(24)27-20(29-21)26-18-15-12-32(23(2,3)17(15)30-31-18)22(33)25-16-11-14(16)13-8-6-5-7-9-13/h5-9,14,16H,4,10-12H2,1-3H3,(H,25,33)(H2,26,27,28,29,30,31)/t14-,16+/m0/s1. The van der Waals surface area contributed by atoms with E-state index >= 15 is 0 Å². The summed E-state index contributed by atoms with van der Waals surface area (Å²) in [5, 5.41) is 13.8. The third kappa shape index (κ3) is 4.25. The number of benzene rings is 1. The second-order valence-electron chi connectivity index (χ2n) is 9.06. The highest BCUT2D eigenvalue weighted by Crippen LogP contribution is 2.43. The number of anilines is 2. The number of nitrogens with zero attached hydrogens (tertiary/aromatic N) is 5. The van der Waals surface area contributed by atoms with Crippen molar-refractivity contribution in [2.45, 2.75) is 57.7 Å². The minimum absolute atomic E-state index is 0.0227. The Balaban J connectivity index is 1.29. The van der Waals surface area contributed by atoms with E-state index < -0.39 is 5.54 Å². The Morgan fingerprint density at radius 3 is 2.82 bits per heavy atom. The number of urea groups is 1. The molecular weight excluding hydrogens is 456 g/mol. The van der Waals surface area contributed by atoms with Crippen molar-refractivity contribution >= 4 is 29.4 Å². The molecule has 2 amide bonds. The first-order chi connectivity index (χ1) is 16.4. The number of ether oxygens (including phenoxy) is 1. The summed E-state index contributed by atoms with van der Waals surface area (Å²) < 4.78 is 5.48. The van der Waals surface area contributed by atoms with Crippen LogP contribution in [0.2, 0.25) is 5.28 Å². The van der Waals surface area contributed by atoms with Gasteiger partial charge in [0.2, 0.25) is 11.2 Å². The number of nitrogens with one attached hydrogen (secondary N) is 3. The molecule has 0 bridgehead atoms. The molecule has 2 aliphatic rings. The van der Waals surface area contributed by atoms with E-state index in [9.17, 15) is 4.79 Å². The monoisotopic (exact) mass is 482 g/mol. The number of aromatic amines is 1. The SMILES string of the molecule is CCCOc1nc(Cl)nc(Nc2n[nH]c3c2CN(C(=O)N[C@@H]2C[C@H]2c2ccccc2)C3(C)C)n1. The third-order valence-corrected chi connectivity index (χ3v) is 6.46. The van der Waals surface area contributed by atoms with E-state index in [4.69, 9.17) is 16.3 Å². The van der Waals surface area contributed by atoms with Gasteiger partial charge in [0.25, 0.3) is 0 Å². The average Bonchev–Trinajstić information content (AvgIpc) is 3.36. The number of fused-ring (bicyclic) bond motifs is 1. The predicted octanol–water partition coefficient (Wildman–Crippen LogP) is 4.10. The van der Waals surface area contributed by atoms with Gasteiger partial charge < -0.3 is 20.3 Å². The van der Waals surface area contributed by atoms with Crippen molar-refractivity contribution < 1.29 is 9.53 Å². The fourth-order valence-corrected chi connectivity index (χ4v) is 4.51. The maximum absolute atomic E-state index is 13.2. The van der Waals surface area contributed by atoms with Gasteiger partial charge in [0, 0.05) is 17.5 Å². The smallest absolute Gasteiger partial charge is 0.322 e. The van der Waals surface area contributed by atoms with Crippen molar-refractivity contribution in [2.75, 3.05) is 11.9 Å². The number of H-pyrrole nitrogens is 1. The van der Waals surface area contributed by atoms with Crippen molar-refractivity contribution in [2.24, 2.45) is 0 Å². The summed E-state index contributed by atoms with van der Waals surface area (Å²) in [7, 11) is 0. The number of carbonyl (C=O) groups excluding carboxylic acids is 1. The molecule has 1 fully saturated rings. The lowest BCUT2D eigenvalue weighted by Gasteiger charge is -2.32. The van der Waals surface area contributed by atoms with E-state index in [1.165, 1.54) is 5.56 Å². The van der Waals surface area contributed by atoms with Crippen LogP contribution in [0, 0.1) is 0 Å². The Bertz CT molecular complexity index is 1200. The van der Waals surface area contributed by atoms with Crippen LogP contribution < -0.4 is 15.4 Å². The molecule has 0 radical (unpaired) electrons. The lowest BCUT2D eigenvalue weighted by atomic mass is 10.0. The van der Waals surface area contributed by atoms with Gasteiger partial charge in [-0.3, -0.25) is 5.10 Å². The van der Waals surface area contributed by atoms with E-state index in [-0.39, 0.29) is 29.3 Å². The van der Waals surface area contributed by atoms with Gasteiger partial charge in [-0.05, 0) is 43.9 Å². The molecule has 2 atom stereocenters. The number of hydrogen-bond acceptors (Lipinski definition) is 7. The zero-order chi connectivity index (χ0) is 23.9. The molecular formula is C23H27ClN8O2. The second kappa shape index (κ2) is 8.75. The summed E-state index contributed by atoms with van der Waals surface area (Å²) in [6.45, 7) is 6.86. The van der Waals surface area contributed by atoms with Crippen molar-refractivity contribution in [3.8, 4) is 6.01 Å². The number of carbonyl (C=O) groups is 1. The van der Waals surface area contributed by atoms with Crippen molar-refractivity contribution in [1.82, 2.24) is 35.4 Å². The molecule has 34 heavy (non-hydrogen) atoms. The fourth-order valence-electron chi connectivity index (χ4n) is 4.36. The highest BCUT2D eigenvalue weighted by atomic mass is 35.5. The first kappa shape index (κ1) is 22.4. The first-order valence-electron chi connectivity index (χ1n) is 11.4. The number of halogens is 1. The first-order valence-corrected chi connectivity index (χ1v) is 11.8. The van der Waals surface area contributed by atoms with Crippen molar-refractivity contribution in [3.63, 3.8) is 0 Å². The number of aromatic nitrogens is 5. The fraction of sp³-hybridized carbons (Fsp3) is 0.435. The summed E-state index contributed by atoms with van der Waals surface area (Å²) in [4.78, 5) is 27.4. The summed E-state index contributed by atoms with van der Waals surface area (Å²) in [5.41, 5.74) is 2.44. The number of rotatable bonds is 7. The molecule has 5 rings (SSSR count). The summed E-state index contributed by atoms with van der Waals surface area (Å²) in [6, 6.07) is 10.5. The van der Waals surface area contributed by atoms with E-state index in [0.29, 0.717) is 24.9 Å². The Kier molecular flexibility index (Phi) is 5.76. The van der Waals surface area contributed by atoms with Crippen molar-refractivity contribution in [3.05, 3.63) is 52.4 Å². The highest BCUT2D eigenvalue weighted by Gasteiger charge is 2.46. The second-order valence-corrected chi connectivity index (χ2v) is 9.40. The molecule has 0 saturated heterocycles. The zero-order valence-corrected chi connectivity index (χ0v) is 20.1. The molecule has 1 saturated carbocycles.